The molecule has 2 aromatic carbocycles. The number of ether oxygens (including phenoxy) is 1. The van der Waals surface area contributed by atoms with Crippen molar-refractivity contribution in [1.82, 2.24) is 9.80 Å². The predicted molar refractivity (Wildman–Crippen MR) is 101 cm³/mol. The first-order valence-corrected chi connectivity index (χ1v) is 9.04. The second kappa shape index (κ2) is 8.39. The average Bonchev–Trinajstić information content (AvgIpc) is 2.67. The topological polar surface area (TPSA) is 49.9 Å². The number of aryl methyl sites for hydroxylation is 1. The van der Waals surface area contributed by atoms with E-state index in [1.54, 1.807) is 47.1 Å². The third-order valence-corrected chi connectivity index (χ3v) is 4.79. The van der Waals surface area contributed by atoms with Gasteiger partial charge in [-0.2, -0.15) is 0 Å². The molecule has 2 amide bonds. The predicted octanol–water partition coefficient (Wildman–Crippen LogP) is 3.15. The van der Waals surface area contributed by atoms with Crippen LogP contribution in [0.5, 0.6) is 5.75 Å². The first-order valence-electron chi connectivity index (χ1n) is 8.66. The molecule has 0 aromatic heterocycles. The second-order valence-corrected chi connectivity index (χ2v) is 6.78. The Morgan fingerprint density at radius 2 is 1.74 bits per heavy atom. The van der Waals surface area contributed by atoms with Gasteiger partial charge in [-0.15, -0.1) is 0 Å². The number of carbonyl (C=O) groups is 2. The largest absolute Gasteiger partial charge is 0.481 e. The smallest absolute Gasteiger partial charge is 0.260 e. The van der Waals surface area contributed by atoms with Crippen molar-refractivity contribution in [1.29, 1.82) is 0 Å². The Kier molecular flexibility index (Phi) is 5.96. The summed E-state index contributed by atoms with van der Waals surface area (Å²) in [6, 6.07) is 11.5. The van der Waals surface area contributed by atoms with Gasteiger partial charge < -0.3 is 14.5 Å². The van der Waals surface area contributed by atoms with E-state index in [4.69, 9.17) is 16.3 Å². The molecule has 1 aliphatic rings. The molecule has 0 radical (unpaired) electrons. The Balaban J connectivity index is 1.52. The molecule has 0 aliphatic carbocycles. The summed E-state index contributed by atoms with van der Waals surface area (Å²) in [5.41, 5.74) is 1.24. The molecular weight excluding hydrogens is 371 g/mol. The molecule has 0 atom stereocenters. The van der Waals surface area contributed by atoms with Crippen LogP contribution in [-0.2, 0) is 4.79 Å². The van der Waals surface area contributed by atoms with Gasteiger partial charge >= 0.3 is 0 Å². The molecule has 2 aromatic rings. The van der Waals surface area contributed by atoms with Gasteiger partial charge in [0.25, 0.3) is 11.8 Å². The maximum absolute atomic E-state index is 13.8. The van der Waals surface area contributed by atoms with Crippen molar-refractivity contribution in [2.24, 2.45) is 0 Å². The van der Waals surface area contributed by atoms with Crippen LogP contribution in [0.1, 0.15) is 15.9 Å². The van der Waals surface area contributed by atoms with Crippen molar-refractivity contribution in [2.75, 3.05) is 32.8 Å². The van der Waals surface area contributed by atoms with E-state index in [-0.39, 0.29) is 24.2 Å². The number of amides is 2. The lowest BCUT2D eigenvalue weighted by Gasteiger charge is -2.34. The van der Waals surface area contributed by atoms with Crippen molar-refractivity contribution in [3.63, 3.8) is 0 Å². The van der Waals surface area contributed by atoms with Gasteiger partial charge in [-0.25, -0.2) is 4.39 Å². The van der Waals surface area contributed by atoms with Crippen molar-refractivity contribution in [3.8, 4) is 5.75 Å². The quantitative estimate of drug-likeness (QED) is 0.805. The number of nitrogens with zero attached hydrogens (tertiary/aromatic N) is 2. The van der Waals surface area contributed by atoms with Crippen LogP contribution in [-0.4, -0.2) is 54.4 Å². The molecule has 0 spiro atoms. The van der Waals surface area contributed by atoms with Crippen LogP contribution in [0.3, 0.4) is 0 Å². The van der Waals surface area contributed by atoms with Gasteiger partial charge in [0.2, 0.25) is 0 Å². The molecule has 3 rings (SSSR count). The zero-order chi connectivity index (χ0) is 19.4. The summed E-state index contributed by atoms with van der Waals surface area (Å²) < 4.78 is 19.1. The zero-order valence-corrected chi connectivity index (χ0v) is 15.7. The van der Waals surface area contributed by atoms with Crippen LogP contribution in [0.2, 0.25) is 5.02 Å². The average molecular weight is 391 g/mol. The van der Waals surface area contributed by atoms with Crippen LogP contribution in [0, 0.1) is 12.7 Å². The van der Waals surface area contributed by atoms with E-state index < -0.39 is 5.82 Å². The first-order chi connectivity index (χ1) is 13.0. The molecular formula is C20H20ClFN2O3. The highest BCUT2D eigenvalue weighted by molar-refractivity contribution is 6.33. The molecule has 0 saturated carbocycles. The second-order valence-electron chi connectivity index (χ2n) is 6.38. The van der Waals surface area contributed by atoms with Gasteiger partial charge in [0, 0.05) is 26.2 Å². The summed E-state index contributed by atoms with van der Waals surface area (Å²) in [5.74, 6) is -0.815. The van der Waals surface area contributed by atoms with Crippen molar-refractivity contribution < 1.29 is 18.7 Å². The van der Waals surface area contributed by atoms with E-state index >= 15 is 0 Å². The van der Waals surface area contributed by atoms with Gasteiger partial charge in [0.05, 0.1) is 10.6 Å². The molecule has 1 aliphatic heterocycles. The Bertz CT molecular complexity index is 851. The van der Waals surface area contributed by atoms with Gasteiger partial charge in [-0.3, -0.25) is 9.59 Å². The fraction of sp³-hybridized carbons (Fsp3) is 0.300. The standard InChI is InChI=1S/C20H20ClFN2O3/c1-14-6-7-18(17(22)12-14)27-13-19(25)23-8-10-24(11-9-23)20(26)15-4-2-3-5-16(15)21/h2-7,12H,8-11,13H2,1H3. The Morgan fingerprint density at radius 3 is 2.41 bits per heavy atom. The maximum Gasteiger partial charge on any atom is 0.260 e. The van der Waals surface area contributed by atoms with Crippen LogP contribution in [0.25, 0.3) is 0 Å². The fourth-order valence-electron chi connectivity index (χ4n) is 2.92. The number of rotatable bonds is 4. The Morgan fingerprint density at radius 1 is 1.07 bits per heavy atom. The SMILES string of the molecule is Cc1ccc(OCC(=O)N2CCN(C(=O)c3ccccc3Cl)CC2)c(F)c1. The van der Waals surface area contributed by atoms with Crippen molar-refractivity contribution >= 4 is 23.4 Å². The van der Waals surface area contributed by atoms with Gasteiger partial charge in [-0.1, -0.05) is 29.8 Å². The molecule has 1 fully saturated rings. The van der Waals surface area contributed by atoms with Crippen LogP contribution < -0.4 is 4.74 Å². The lowest BCUT2D eigenvalue weighted by atomic mass is 10.2. The third kappa shape index (κ3) is 4.57. The molecule has 142 valence electrons. The summed E-state index contributed by atoms with van der Waals surface area (Å²) in [6.07, 6.45) is 0. The molecule has 7 heteroatoms. The summed E-state index contributed by atoms with van der Waals surface area (Å²) in [4.78, 5) is 28.1. The van der Waals surface area contributed by atoms with Gasteiger partial charge in [-0.05, 0) is 36.8 Å². The maximum atomic E-state index is 13.8. The lowest BCUT2D eigenvalue weighted by Crippen LogP contribution is -2.51. The number of halogens is 2. The molecule has 0 unspecified atom stereocenters. The minimum atomic E-state index is -0.488. The molecule has 1 saturated heterocycles. The lowest BCUT2D eigenvalue weighted by molar-refractivity contribution is -0.134. The molecule has 0 bridgehead atoms. The highest BCUT2D eigenvalue weighted by Gasteiger charge is 2.26. The summed E-state index contributed by atoms with van der Waals surface area (Å²) in [6.45, 7) is 3.16. The number of hydrogen-bond acceptors (Lipinski definition) is 3. The van der Waals surface area contributed by atoms with Crippen LogP contribution in [0.15, 0.2) is 42.5 Å². The molecule has 5 nitrogen and oxygen atoms in total. The minimum Gasteiger partial charge on any atom is -0.481 e. The number of hydrogen-bond donors (Lipinski definition) is 0. The monoisotopic (exact) mass is 390 g/mol. The van der Waals surface area contributed by atoms with Crippen LogP contribution >= 0.6 is 11.6 Å². The van der Waals surface area contributed by atoms with E-state index in [9.17, 15) is 14.0 Å². The van der Waals surface area contributed by atoms with E-state index in [2.05, 4.69) is 0 Å². The fourth-order valence-corrected chi connectivity index (χ4v) is 3.13. The minimum absolute atomic E-state index is 0.0569. The molecule has 1 heterocycles. The van der Waals surface area contributed by atoms with E-state index in [0.717, 1.165) is 5.56 Å². The zero-order valence-electron chi connectivity index (χ0n) is 15.0. The highest BCUT2D eigenvalue weighted by Crippen LogP contribution is 2.19. The van der Waals surface area contributed by atoms with E-state index in [0.29, 0.717) is 36.8 Å². The summed E-state index contributed by atoms with van der Waals surface area (Å²) >= 11 is 6.08. The van der Waals surface area contributed by atoms with Gasteiger partial charge in [0.15, 0.2) is 18.2 Å². The third-order valence-electron chi connectivity index (χ3n) is 4.46. The number of benzene rings is 2. The van der Waals surface area contributed by atoms with Crippen molar-refractivity contribution in [3.05, 3.63) is 64.4 Å². The molecule has 0 N–H and O–H groups in total. The first kappa shape index (κ1) is 19.2. The van der Waals surface area contributed by atoms with Gasteiger partial charge in [0.1, 0.15) is 0 Å². The van der Waals surface area contributed by atoms with E-state index in [1.165, 1.54) is 12.1 Å². The molecule has 27 heavy (non-hydrogen) atoms. The normalized spacial score (nSPS) is 14.2. The number of carbonyl (C=O) groups excluding carboxylic acids is 2. The summed E-state index contributed by atoms with van der Waals surface area (Å²) in [7, 11) is 0. The van der Waals surface area contributed by atoms with Crippen LogP contribution in [0.4, 0.5) is 4.39 Å². The number of piperazine rings is 1. The van der Waals surface area contributed by atoms with E-state index in [1.807, 2.05) is 0 Å². The van der Waals surface area contributed by atoms with Crippen molar-refractivity contribution in [2.45, 2.75) is 6.92 Å². The Labute approximate surface area is 162 Å². The Hall–Kier alpha value is -2.60. The summed E-state index contributed by atoms with van der Waals surface area (Å²) in [5, 5.41) is 0.412. The highest BCUT2D eigenvalue weighted by atomic mass is 35.5.